The maximum absolute atomic E-state index is 12.4. The number of nitrogens with one attached hydrogen (secondary N) is 2. The molecule has 0 radical (unpaired) electrons. The quantitative estimate of drug-likeness (QED) is 0.870. The van der Waals surface area contributed by atoms with Crippen molar-refractivity contribution < 1.29 is 4.79 Å². The Morgan fingerprint density at radius 1 is 1.31 bits per heavy atom. The first-order chi connectivity index (χ1) is 12.2. The van der Waals surface area contributed by atoms with Gasteiger partial charge in [-0.05, 0) is 68.4 Å². The predicted octanol–water partition coefficient (Wildman–Crippen LogP) is 3.46. The van der Waals surface area contributed by atoms with Crippen LogP contribution < -0.4 is 10.6 Å². The number of amides is 1. The molecule has 3 aliphatic carbocycles. The van der Waals surface area contributed by atoms with Gasteiger partial charge in [0.1, 0.15) is 11.9 Å². The van der Waals surface area contributed by atoms with Crippen molar-refractivity contribution in [2.24, 2.45) is 16.7 Å². The first-order valence-corrected chi connectivity index (χ1v) is 9.69. The molecule has 1 aromatic heterocycles. The van der Waals surface area contributed by atoms with Crippen LogP contribution in [0.1, 0.15) is 62.8 Å². The second-order valence-electron chi connectivity index (χ2n) is 9.35. The molecular formula is C21H28N4O. The Hall–Kier alpha value is -2.09. The number of aromatic nitrogens is 1. The van der Waals surface area contributed by atoms with E-state index in [1.807, 2.05) is 19.9 Å². The molecule has 26 heavy (non-hydrogen) atoms. The lowest BCUT2D eigenvalue weighted by Gasteiger charge is -2.45. The van der Waals surface area contributed by atoms with E-state index in [0.717, 1.165) is 49.2 Å². The van der Waals surface area contributed by atoms with Gasteiger partial charge in [0.2, 0.25) is 5.91 Å². The average Bonchev–Trinajstić information content (AvgIpc) is 3.19. The number of hydrogen-bond donors (Lipinski definition) is 2. The lowest BCUT2D eigenvalue weighted by molar-refractivity contribution is -0.136. The van der Waals surface area contributed by atoms with Crippen molar-refractivity contribution in [3.8, 4) is 6.07 Å². The fourth-order valence-electron chi connectivity index (χ4n) is 4.93. The molecule has 4 rings (SSSR count). The Kier molecular flexibility index (Phi) is 3.80. The molecule has 2 atom stereocenters. The number of rotatable bonds is 4. The summed E-state index contributed by atoms with van der Waals surface area (Å²) in [7, 11) is 0. The molecule has 1 amide bonds. The Bertz CT molecular complexity index is 778. The van der Waals surface area contributed by atoms with Crippen molar-refractivity contribution in [3.05, 3.63) is 22.9 Å². The normalized spacial score (nSPS) is 33.6. The van der Waals surface area contributed by atoms with Crippen molar-refractivity contribution in [1.29, 1.82) is 5.26 Å². The standard InChI is InChI=1S/C21H28N4O/c1-12-7-18(23-13(2)15(12)11-22)25-17-10-21(17)8-14(9-21)24-19(26)16-5-6-20(16,3)4/h7,14,16-17H,5-6,8-10H2,1-4H3,(H,23,25)(H,24,26). The summed E-state index contributed by atoms with van der Waals surface area (Å²) in [5, 5.41) is 16.0. The van der Waals surface area contributed by atoms with E-state index in [4.69, 9.17) is 5.26 Å². The minimum absolute atomic E-state index is 0.173. The molecule has 5 nitrogen and oxygen atoms in total. The Morgan fingerprint density at radius 3 is 2.58 bits per heavy atom. The third-order valence-electron chi connectivity index (χ3n) is 7.01. The number of hydrogen-bond acceptors (Lipinski definition) is 4. The van der Waals surface area contributed by atoms with Gasteiger partial charge in [0.05, 0.1) is 11.3 Å². The van der Waals surface area contributed by atoms with E-state index in [0.29, 0.717) is 23.1 Å². The van der Waals surface area contributed by atoms with Crippen LogP contribution in [0.5, 0.6) is 0 Å². The van der Waals surface area contributed by atoms with Gasteiger partial charge in [-0.15, -0.1) is 0 Å². The highest BCUT2D eigenvalue weighted by atomic mass is 16.2. The zero-order valence-electron chi connectivity index (χ0n) is 16.1. The summed E-state index contributed by atoms with van der Waals surface area (Å²) in [5.74, 6) is 1.32. The summed E-state index contributed by atoms with van der Waals surface area (Å²) in [6.45, 7) is 8.23. The summed E-state index contributed by atoms with van der Waals surface area (Å²) < 4.78 is 0. The third-order valence-corrected chi connectivity index (χ3v) is 7.01. The zero-order chi connectivity index (χ0) is 18.7. The van der Waals surface area contributed by atoms with Crippen LogP contribution in [0, 0.1) is 41.9 Å². The van der Waals surface area contributed by atoms with E-state index in [2.05, 4.69) is 35.5 Å². The van der Waals surface area contributed by atoms with Crippen molar-refractivity contribution in [1.82, 2.24) is 10.3 Å². The highest BCUT2D eigenvalue weighted by Crippen LogP contribution is 2.61. The van der Waals surface area contributed by atoms with Gasteiger partial charge in [-0.1, -0.05) is 13.8 Å². The Labute approximate surface area is 155 Å². The van der Waals surface area contributed by atoms with Gasteiger partial charge in [0.25, 0.3) is 0 Å². The summed E-state index contributed by atoms with van der Waals surface area (Å²) in [6.07, 6.45) is 5.47. The molecule has 3 saturated carbocycles. The topological polar surface area (TPSA) is 77.8 Å². The van der Waals surface area contributed by atoms with Crippen molar-refractivity contribution in [3.63, 3.8) is 0 Å². The van der Waals surface area contributed by atoms with Crippen LogP contribution in [0.2, 0.25) is 0 Å². The van der Waals surface area contributed by atoms with E-state index >= 15 is 0 Å². The number of pyridine rings is 1. The third kappa shape index (κ3) is 2.76. The summed E-state index contributed by atoms with van der Waals surface area (Å²) >= 11 is 0. The van der Waals surface area contributed by atoms with Crippen molar-refractivity contribution in [2.45, 2.75) is 71.9 Å². The van der Waals surface area contributed by atoms with Gasteiger partial charge in [-0.3, -0.25) is 4.79 Å². The minimum Gasteiger partial charge on any atom is -0.367 e. The summed E-state index contributed by atoms with van der Waals surface area (Å²) in [6, 6.07) is 4.96. The lowest BCUT2D eigenvalue weighted by atomic mass is 9.62. The molecule has 0 saturated heterocycles. The number of carbonyl (C=O) groups is 1. The molecule has 1 spiro atoms. The second-order valence-corrected chi connectivity index (χ2v) is 9.35. The van der Waals surface area contributed by atoms with Crippen LogP contribution in [0.4, 0.5) is 5.82 Å². The highest BCUT2D eigenvalue weighted by molar-refractivity contribution is 5.80. The largest absolute Gasteiger partial charge is 0.367 e. The number of aryl methyl sites for hydroxylation is 2. The molecule has 3 aliphatic rings. The second kappa shape index (κ2) is 5.70. The van der Waals surface area contributed by atoms with Gasteiger partial charge < -0.3 is 10.6 Å². The van der Waals surface area contributed by atoms with Crippen LogP contribution in [-0.4, -0.2) is 23.0 Å². The molecule has 2 unspecified atom stereocenters. The number of carbonyl (C=O) groups excluding carboxylic acids is 1. The minimum atomic E-state index is 0.173. The van der Waals surface area contributed by atoms with Crippen LogP contribution in [0.15, 0.2) is 6.07 Å². The predicted molar refractivity (Wildman–Crippen MR) is 101 cm³/mol. The highest BCUT2D eigenvalue weighted by Gasteiger charge is 2.62. The fraction of sp³-hybridized carbons (Fsp3) is 0.667. The van der Waals surface area contributed by atoms with Gasteiger partial charge in [0, 0.05) is 18.0 Å². The molecule has 2 N–H and O–H groups in total. The fourth-order valence-corrected chi connectivity index (χ4v) is 4.93. The molecule has 138 valence electrons. The molecule has 5 heteroatoms. The first-order valence-electron chi connectivity index (χ1n) is 9.69. The molecule has 0 aliphatic heterocycles. The molecule has 0 bridgehead atoms. The van der Waals surface area contributed by atoms with Crippen LogP contribution >= 0.6 is 0 Å². The van der Waals surface area contributed by atoms with E-state index in [1.165, 1.54) is 0 Å². The summed E-state index contributed by atoms with van der Waals surface area (Å²) in [4.78, 5) is 17.0. The van der Waals surface area contributed by atoms with E-state index in [9.17, 15) is 4.79 Å². The zero-order valence-corrected chi connectivity index (χ0v) is 16.1. The van der Waals surface area contributed by atoms with Gasteiger partial charge in [0.15, 0.2) is 0 Å². The average molecular weight is 352 g/mol. The maximum Gasteiger partial charge on any atom is 0.223 e. The summed E-state index contributed by atoms with van der Waals surface area (Å²) in [5.41, 5.74) is 2.94. The molecule has 1 heterocycles. The Morgan fingerprint density at radius 2 is 2.04 bits per heavy atom. The van der Waals surface area contributed by atoms with Gasteiger partial charge in [-0.2, -0.15) is 5.26 Å². The van der Waals surface area contributed by atoms with E-state index in [1.54, 1.807) is 0 Å². The first kappa shape index (κ1) is 17.3. The molecular weight excluding hydrogens is 324 g/mol. The lowest BCUT2D eigenvalue weighted by Crippen LogP contribution is -2.53. The monoisotopic (exact) mass is 352 g/mol. The van der Waals surface area contributed by atoms with E-state index in [-0.39, 0.29) is 17.2 Å². The Balaban J connectivity index is 1.29. The molecule has 0 aromatic carbocycles. The smallest absolute Gasteiger partial charge is 0.223 e. The van der Waals surface area contributed by atoms with Crippen molar-refractivity contribution >= 4 is 11.7 Å². The van der Waals surface area contributed by atoms with Crippen LogP contribution in [0.3, 0.4) is 0 Å². The number of nitrogens with zero attached hydrogens (tertiary/aromatic N) is 2. The molecule has 3 fully saturated rings. The SMILES string of the molecule is Cc1cc(NC2CC23CC(NC(=O)C2CCC2(C)C)C3)nc(C)c1C#N. The number of nitriles is 1. The van der Waals surface area contributed by atoms with E-state index < -0.39 is 0 Å². The van der Waals surface area contributed by atoms with Crippen molar-refractivity contribution in [2.75, 3.05) is 5.32 Å². The maximum atomic E-state index is 12.4. The van der Waals surface area contributed by atoms with Gasteiger partial charge >= 0.3 is 0 Å². The number of anilines is 1. The molecule has 1 aromatic rings. The van der Waals surface area contributed by atoms with Crippen LogP contribution in [0.25, 0.3) is 0 Å². The van der Waals surface area contributed by atoms with Gasteiger partial charge in [-0.25, -0.2) is 4.98 Å². The van der Waals surface area contributed by atoms with Crippen LogP contribution in [-0.2, 0) is 4.79 Å².